The van der Waals surface area contributed by atoms with E-state index in [9.17, 15) is 0 Å². The van der Waals surface area contributed by atoms with Gasteiger partial charge in [-0.25, -0.2) is 0 Å². The van der Waals surface area contributed by atoms with Gasteiger partial charge >= 0.3 is 0 Å². The van der Waals surface area contributed by atoms with Gasteiger partial charge in [0.25, 0.3) is 0 Å². The predicted molar refractivity (Wildman–Crippen MR) is 87.3 cm³/mol. The molecule has 1 N–H and O–H groups in total. The zero-order chi connectivity index (χ0) is 14.5. The monoisotopic (exact) mass is 267 g/mol. The molecule has 0 aromatic heterocycles. The molecule has 0 spiro atoms. The molecule has 2 aromatic carbocycles. The molecule has 0 saturated carbocycles. The van der Waals surface area contributed by atoms with Crippen LogP contribution in [0.3, 0.4) is 0 Å². The van der Waals surface area contributed by atoms with Gasteiger partial charge in [0.15, 0.2) is 0 Å². The maximum Gasteiger partial charge on any atom is 0.0577 e. The Kier molecular flexibility index (Phi) is 4.97. The number of benzene rings is 2. The number of aryl methyl sites for hydroxylation is 3. The first-order chi connectivity index (χ1) is 9.65. The first kappa shape index (κ1) is 14.8. The van der Waals surface area contributed by atoms with E-state index >= 15 is 0 Å². The van der Waals surface area contributed by atoms with Gasteiger partial charge in [0.05, 0.1) is 6.04 Å². The largest absolute Gasteiger partial charge is 0.309 e. The quantitative estimate of drug-likeness (QED) is 0.837. The fourth-order valence-corrected chi connectivity index (χ4v) is 2.79. The highest BCUT2D eigenvalue weighted by Crippen LogP contribution is 2.26. The van der Waals surface area contributed by atoms with Crippen molar-refractivity contribution in [3.63, 3.8) is 0 Å². The Morgan fingerprint density at radius 3 is 2.55 bits per heavy atom. The van der Waals surface area contributed by atoms with E-state index in [2.05, 4.69) is 68.6 Å². The van der Waals surface area contributed by atoms with Crippen LogP contribution >= 0.6 is 0 Å². The minimum Gasteiger partial charge on any atom is -0.309 e. The minimum atomic E-state index is 0.270. The Balaban J connectivity index is 2.41. The van der Waals surface area contributed by atoms with Crippen molar-refractivity contribution in [2.24, 2.45) is 0 Å². The molecule has 0 fully saturated rings. The SMILES string of the molecule is CCCc1cccc(C(NC)c2cc(C)ccc2C)c1. The summed E-state index contributed by atoms with van der Waals surface area (Å²) < 4.78 is 0. The maximum atomic E-state index is 3.47. The van der Waals surface area contributed by atoms with E-state index in [-0.39, 0.29) is 6.04 Å². The van der Waals surface area contributed by atoms with E-state index < -0.39 is 0 Å². The molecule has 1 nitrogen and oxygen atoms in total. The average molecular weight is 267 g/mol. The third-order valence-electron chi connectivity index (χ3n) is 3.86. The van der Waals surface area contributed by atoms with Gasteiger partial charge in [0.2, 0.25) is 0 Å². The topological polar surface area (TPSA) is 12.0 Å². The highest BCUT2D eigenvalue weighted by atomic mass is 14.9. The van der Waals surface area contributed by atoms with Crippen molar-refractivity contribution >= 4 is 0 Å². The van der Waals surface area contributed by atoms with Crippen molar-refractivity contribution < 1.29 is 0 Å². The molecule has 106 valence electrons. The van der Waals surface area contributed by atoms with E-state index in [1.54, 1.807) is 0 Å². The lowest BCUT2D eigenvalue weighted by atomic mass is 9.92. The summed E-state index contributed by atoms with van der Waals surface area (Å²) >= 11 is 0. The highest BCUT2D eigenvalue weighted by Gasteiger charge is 2.14. The van der Waals surface area contributed by atoms with Crippen LogP contribution in [0.5, 0.6) is 0 Å². The summed E-state index contributed by atoms with van der Waals surface area (Å²) in [6, 6.07) is 15.9. The third-order valence-corrected chi connectivity index (χ3v) is 3.86. The van der Waals surface area contributed by atoms with Crippen LogP contribution in [-0.4, -0.2) is 7.05 Å². The lowest BCUT2D eigenvalue weighted by Gasteiger charge is -2.21. The molecule has 20 heavy (non-hydrogen) atoms. The van der Waals surface area contributed by atoms with Gasteiger partial charge in [-0.2, -0.15) is 0 Å². The lowest BCUT2D eigenvalue weighted by Crippen LogP contribution is -2.19. The van der Waals surface area contributed by atoms with E-state index in [0.717, 1.165) is 6.42 Å². The Bertz CT molecular complexity index is 572. The molecule has 0 aliphatic heterocycles. The first-order valence-corrected chi connectivity index (χ1v) is 7.49. The molecule has 0 heterocycles. The van der Waals surface area contributed by atoms with Gasteiger partial charge in [-0.05, 0) is 49.6 Å². The summed E-state index contributed by atoms with van der Waals surface area (Å²) in [7, 11) is 2.04. The van der Waals surface area contributed by atoms with Crippen molar-refractivity contribution in [1.82, 2.24) is 5.32 Å². The number of rotatable bonds is 5. The Hall–Kier alpha value is -1.60. The van der Waals surface area contributed by atoms with Crippen LogP contribution in [0, 0.1) is 13.8 Å². The summed E-state index contributed by atoms with van der Waals surface area (Å²) in [6.45, 7) is 6.57. The third kappa shape index (κ3) is 3.29. The Morgan fingerprint density at radius 2 is 1.85 bits per heavy atom. The molecule has 0 aliphatic carbocycles. The van der Waals surface area contributed by atoms with Gasteiger partial charge in [0, 0.05) is 0 Å². The van der Waals surface area contributed by atoms with Gasteiger partial charge < -0.3 is 5.32 Å². The number of nitrogens with one attached hydrogen (secondary N) is 1. The van der Waals surface area contributed by atoms with Crippen molar-refractivity contribution in [2.75, 3.05) is 7.05 Å². The van der Waals surface area contributed by atoms with Crippen molar-refractivity contribution in [3.8, 4) is 0 Å². The Labute approximate surface area is 123 Å². The molecule has 0 radical (unpaired) electrons. The van der Waals surface area contributed by atoms with E-state index in [1.165, 1.54) is 34.2 Å². The fraction of sp³-hybridized carbons (Fsp3) is 0.368. The smallest absolute Gasteiger partial charge is 0.0577 e. The van der Waals surface area contributed by atoms with Gasteiger partial charge in [0.1, 0.15) is 0 Å². The Morgan fingerprint density at radius 1 is 1.05 bits per heavy atom. The van der Waals surface area contributed by atoms with Crippen LogP contribution in [-0.2, 0) is 6.42 Å². The molecule has 1 atom stereocenters. The fourth-order valence-electron chi connectivity index (χ4n) is 2.79. The molecule has 0 aliphatic rings. The van der Waals surface area contributed by atoms with Crippen molar-refractivity contribution in [1.29, 1.82) is 0 Å². The first-order valence-electron chi connectivity index (χ1n) is 7.49. The van der Waals surface area contributed by atoms with Crippen molar-refractivity contribution in [2.45, 2.75) is 39.7 Å². The van der Waals surface area contributed by atoms with E-state index in [1.807, 2.05) is 7.05 Å². The normalized spacial score (nSPS) is 12.4. The van der Waals surface area contributed by atoms with Crippen LogP contribution in [0.15, 0.2) is 42.5 Å². The molecular formula is C19H25N. The summed E-state index contributed by atoms with van der Waals surface area (Å²) in [5.41, 5.74) is 6.82. The van der Waals surface area contributed by atoms with Crippen molar-refractivity contribution in [3.05, 3.63) is 70.3 Å². The summed E-state index contributed by atoms with van der Waals surface area (Å²) in [6.07, 6.45) is 2.34. The molecule has 0 bridgehead atoms. The molecular weight excluding hydrogens is 242 g/mol. The van der Waals surface area contributed by atoms with E-state index in [0.29, 0.717) is 0 Å². The molecule has 2 rings (SSSR count). The molecule has 0 saturated heterocycles. The number of hydrogen-bond donors (Lipinski definition) is 1. The molecule has 1 unspecified atom stereocenters. The van der Waals surface area contributed by atoms with Crippen LogP contribution in [0.1, 0.15) is 47.2 Å². The minimum absolute atomic E-state index is 0.270. The highest BCUT2D eigenvalue weighted by molar-refractivity contribution is 5.40. The zero-order valence-electron chi connectivity index (χ0n) is 13.0. The summed E-state index contributed by atoms with van der Waals surface area (Å²) in [5, 5.41) is 3.47. The van der Waals surface area contributed by atoms with Gasteiger partial charge in [-0.15, -0.1) is 0 Å². The van der Waals surface area contributed by atoms with E-state index in [4.69, 9.17) is 0 Å². The second kappa shape index (κ2) is 6.71. The molecule has 0 amide bonds. The number of hydrogen-bond acceptors (Lipinski definition) is 1. The lowest BCUT2D eigenvalue weighted by molar-refractivity contribution is 0.685. The van der Waals surface area contributed by atoms with Crippen LogP contribution in [0.4, 0.5) is 0 Å². The molecule has 2 aromatic rings. The second-order valence-electron chi connectivity index (χ2n) is 5.58. The summed E-state index contributed by atoms with van der Waals surface area (Å²) in [5.74, 6) is 0. The van der Waals surface area contributed by atoms with Crippen LogP contribution in [0.2, 0.25) is 0 Å². The van der Waals surface area contributed by atoms with Crippen LogP contribution < -0.4 is 5.32 Å². The average Bonchev–Trinajstić information content (AvgIpc) is 2.44. The van der Waals surface area contributed by atoms with Gasteiger partial charge in [-0.3, -0.25) is 0 Å². The van der Waals surface area contributed by atoms with Crippen LogP contribution in [0.25, 0.3) is 0 Å². The van der Waals surface area contributed by atoms with Gasteiger partial charge in [-0.1, -0.05) is 61.4 Å². The summed E-state index contributed by atoms with van der Waals surface area (Å²) in [4.78, 5) is 0. The standard InChI is InChI=1S/C19H25N/c1-5-7-16-8-6-9-17(13-16)19(20-4)18-12-14(2)10-11-15(18)3/h6,8-13,19-20H,5,7H2,1-4H3. The predicted octanol–water partition coefficient (Wildman–Crippen LogP) is 4.56. The maximum absolute atomic E-state index is 3.47. The zero-order valence-corrected chi connectivity index (χ0v) is 13.0. The second-order valence-corrected chi connectivity index (χ2v) is 5.58. The molecule has 1 heteroatoms.